The molecule has 10 heteroatoms. The molecule has 0 aliphatic carbocycles. The Hall–Kier alpha value is -3.81. The number of nitrogens with zero attached hydrogens (tertiary/aromatic N) is 2. The molecular weight excluding hydrogens is 458 g/mol. The Bertz CT molecular complexity index is 1370. The minimum Gasteiger partial charge on any atom is -0.493 e. The van der Waals surface area contributed by atoms with Gasteiger partial charge in [0.1, 0.15) is 27.2 Å². The topological polar surface area (TPSA) is 136 Å². The molecule has 0 fully saturated rings. The molecule has 0 aliphatic heterocycles. The van der Waals surface area contributed by atoms with E-state index in [4.69, 9.17) is 20.9 Å². The van der Waals surface area contributed by atoms with Crippen LogP contribution < -0.4 is 26.3 Å². The summed E-state index contributed by atoms with van der Waals surface area (Å²) in [5.74, 6) is 1.10. The van der Waals surface area contributed by atoms with Gasteiger partial charge in [-0.1, -0.05) is 6.07 Å². The van der Waals surface area contributed by atoms with Gasteiger partial charge in [-0.25, -0.2) is 4.98 Å². The Balaban J connectivity index is 1.60. The smallest absolute Gasteiger partial charge is 0.263 e. The van der Waals surface area contributed by atoms with Crippen LogP contribution in [0.2, 0.25) is 0 Å². The van der Waals surface area contributed by atoms with Gasteiger partial charge in [0, 0.05) is 17.5 Å². The number of pyridine rings is 1. The second-order valence-electron chi connectivity index (χ2n) is 7.09. The average molecular weight is 480 g/mol. The van der Waals surface area contributed by atoms with Crippen LogP contribution >= 0.6 is 22.7 Å². The van der Waals surface area contributed by atoms with Gasteiger partial charge in [0.05, 0.1) is 19.9 Å². The van der Waals surface area contributed by atoms with Crippen molar-refractivity contribution in [3.05, 3.63) is 51.0 Å². The summed E-state index contributed by atoms with van der Waals surface area (Å²) >= 11 is 2.66. The molecule has 0 bridgehead atoms. The van der Waals surface area contributed by atoms with E-state index in [1.54, 1.807) is 14.2 Å². The number of amides is 1. The third-order valence-corrected chi connectivity index (χ3v) is 6.96. The summed E-state index contributed by atoms with van der Waals surface area (Å²) in [5, 5.41) is 17.0. The third kappa shape index (κ3) is 4.16. The van der Waals surface area contributed by atoms with Crippen LogP contribution in [0.25, 0.3) is 21.3 Å². The van der Waals surface area contributed by atoms with Crippen molar-refractivity contribution >= 4 is 50.3 Å². The van der Waals surface area contributed by atoms with Crippen LogP contribution in [-0.4, -0.2) is 31.7 Å². The highest BCUT2D eigenvalue weighted by atomic mass is 32.1. The minimum absolute atomic E-state index is 0.118. The SMILES string of the molecule is COc1ccc(CCNC(=O)c2sc3nc(N)c(C#N)c(-c4ccsc4)c3c2N)cc1OC. The molecule has 8 nitrogen and oxygen atoms in total. The quantitative estimate of drug-likeness (QED) is 0.364. The van der Waals surface area contributed by atoms with Crippen molar-refractivity contribution in [2.75, 3.05) is 32.2 Å². The van der Waals surface area contributed by atoms with E-state index in [1.807, 2.05) is 35.0 Å². The molecule has 0 saturated heterocycles. The maximum absolute atomic E-state index is 12.9. The largest absolute Gasteiger partial charge is 0.493 e. The first-order chi connectivity index (χ1) is 16.0. The molecule has 4 aromatic rings. The van der Waals surface area contributed by atoms with Crippen LogP contribution in [0.5, 0.6) is 11.5 Å². The lowest BCUT2D eigenvalue weighted by molar-refractivity contribution is 0.0959. The maximum atomic E-state index is 12.9. The standard InChI is InChI=1S/C23H21N5O3S2/c1-30-15-4-3-12(9-16(15)31-2)5-7-27-22(29)20-19(25)18-17(13-6-8-32-11-13)14(10-24)21(26)28-23(18)33-20/h3-4,6,8-9,11H,5,7,25H2,1-2H3,(H2,26,28)(H,27,29). The minimum atomic E-state index is -0.302. The molecule has 1 aromatic carbocycles. The summed E-state index contributed by atoms with van der Waals surface area (Å²) in [7, 11) is 3.16. The first-order valence-electron chi connectivity index (χ1n) is 9.91. The number of carbonyl (C=O) groups is 1. The predicted octanol–water partition coefficient (Wildman–Crippen LogP) is 4.05. The molecule has 3 aromatic heterocycles. The van der Waals surface area contributed by atoms with Crippen molar-refractivity contribution in [2.24, 2.45) is 0 Å². The molecule has 0 spiro atoms. The molecule has 3 heterocycles. The number of nitrogen functional groups attached to an aromatic ring is 2. The number of methoxy groups -OCH3 is 2. The molecule has 0 atom stereocenters. The molecular formula is C23H21N5O3S2. The number of fused-ring (bicyclic) bond motifs is 1. The molecule has 4 rings (SSSR count). The molecule has 168 valence electrons. The second-order valence-corrected chi connectivity index (χ2v) is 8.87. The highest BCUT2D eigenvalue weighted by molar-refractivity contribution is 7.21. The number of thiophene rings is 2. The number of rotatable bonds is 7. The van der Waals surface area contributed by atoms with Gasteiger partial charge in [0.15, 0.2) is 11.5 Å². The number of nitriles is 1. The number of hydrogen-bond acceptors (Lipinski definition) is 9. The summed E-state index contributed by atoms with van der Waals surface area (Å²) in [5.41, 5.74) is 15.4. The Morgan fingerprint density at radius 1 is 1.21 bits per heavy atom. The van der Waals surface area contributed by atoms with E-state index in [-0.39, 0.29) is 17.3 Å². The van der Waals surface area contributed by atoms with Crippen molar-refractivity contribution < 1.29 is 14.3 Å². The lowest BCUT2D eigenvalue weighted by Gasteiger charge is -2.10. The van der Waals surface area contributed by atoms with Gasteiger partial charge in [-0.3, -0.25) is 4.79 Å². The highest BCUT2D eigenvalue weighted by Crippen LogP contribution is 2.43. The summed E-state index contributed by atoms with van der Waals surface area (Å²) in [6.45, 7) is 0.401. The van der Waals surface area contributed by atoms with E-state index in [9.17, 15) is 10.1 Å². The molecule has 0 saturated carbocycles. The van der Waals surface area contributed by atoms with E-state index in [2.05, 4.69) is 16.4 Å². The Morgan fingerprint density at radius 2 is 2.00 bits per heavy atom. The van der Waals surface area contributed by atoms with Crippen LogP contribution in [-0.2, 0) is 6.42 Å². The van der Waals surface area contributed by atoms with Gasteiger partial charge in [-0.2, -0.15) is 16.6 Å². The summed E-state index contributed by atoms with van der Waals surface area (Å²) in [4.78, 5) is 18.1. The van der Waals surface area contributed by atoms with Gasteiger partial charge in [0.2, 0.25) is 0 Å². The van der Waals surface area contributed by atoms with Crippen LogP contribution in [0.4, 0.5) is 11.5 Å². The fourth-order valence-corrected chi connectivity index (χ4v) is 5.26. The fourth-order valence-electron chi connectivity index (χ4n) is 3.58. The average Bonchev–Trinajstić information content (AvgIpc) is 3.46. The summed E-state index contributed by atoms with van der Waals surface area (Å²) < 4.78 is 10.6. The normalized spacial score (nSPS) is 10.7. The zero-order valence-corrected chi connectivity index (χ0v) is 19.6. The van der Waals surface area contributed by atoms with Crippen molar-refractivity contribution in [3.8, 4) is 28.7 Å². The molecule has 33 heavy (non-hydrogen) atoms. The number of ether oxygens (including phenoxy) is 2. The van der Waals surface area contributed by atoms with Gasteiger partial charge < -0.3 is 26.3 Å². The number of aromatic nitrogens is 1. The lowest BCUT2D eigenvalue weighted by atomic mass is 9.99. The van der Waals surface area contributed by atoms with Gasteiger partial charge in [-0.05, 0) is 46.5 Å². The maximum Gasteiger partial charge on any atom is 0.263 e. The first kappa shape index (κ1) is 22.4. The summed E-state index contributed by atoms with van der Waals surface area (Å²) in [6, 6.07) is 9.64. The van der Waals surface area contributed by atoms with E-state index >= 15 is 0 Å². The number of anilines is 2. The Kier molecular flexibility index (Phi) is 6.35. The number of nitrogens with two attached hydrogens (primary N) is 2. The van der Waals surface area contributed by atoms with Crippen molar-refractivity contribution in [1.82, 2.24) is 10.3 Å². The molecule has 0 radical (unpaired) electrons. The van der Waals surface area contributed by atoms with E-state index in [0.29, 0.717) is 50.8 Å². The van der Waals surface area contributed by atoms with Crippen molar-refractivity contribution in [2.45, 2.75) is 6.42 Å². The number of benzene rings is 1. The number of carbonyl (C=O) groups excluding carboxylic acids is 1. The molecule has 5 N–H and O–H groups in total. The molecule has 1 amide bonds. The van der Waals surface area contributed by atoms with Crippen LogP contribution in [0.1, 0.15) is 20.8 Å². The Labute approximate surface area is 198 Å². The second kappa shape index (κ2) is 9.36. The number of nitrogens with one attached hydrogen (secondary N) is 1. The molecule has 0 aliphatic rings. The zero-order chi connectivity index (χ0) is 23.5. The predicted molar refractivity (Wildman–Crippen MR) is 132 cm³/mol. The van der Waals surface area contributed by atoms with Crippen molar-refractivity contribution in [3.63, 3.8) is 0 Å². The summed E-state index contributed by atoms with van der Waals surface area (Å²) in [6.07, 6.45) is 0.598. The van der Waals surface area contributed by atoms with Crippen LogP contribution in [0, 0.1) is 11.3 Å². The van der Waals surface area contributed by atoms with Gasteiger partial charge in [0.25, 0.3) is 5.91 Å². The van der Waals surface area contributed by atoms with Gasteiger partial charge >= 0.3 is 0 Å². The number of hydrogen-bond donors (Lipinski definition) is 3. The lowest BCUT2D eigenvalue weighted by Crippen LogP contribution is -2.25. The van der Waals surface area contributed by atoms with Gasteiger partial charge in [-0.15, -0.1) is 11.3 Å². The van der Waals surface area contributed by atoms with E-state index < -0.39 is 0 Å². The Morgan fingerprint density at radius 3 is 2.67 bits per heavy atom. The fraction of sp³-hybridized carbons (Fsp3) is 0.174. The van der Waals surface area contributed by atoms with E-state index in [1.165, 1.54) is 11.3 Å². The first-order valence-corrected chi connectivity index (χ1v) is 11.7. The highest BCUT2D eigenvalue weighted by Gasteiger charge is 2.24. The third-order valence-electron chi connectivity index (χ3n) is 5.18. The van der Waals surface area contributed by atoms with Crippen LogP contribution in [0.15, 0.2) is 35.0 Å². The van der Waals surface area contributed by atoms with Crippen LogP contribution in [0.3, 0.4) is 0 Å². The monoisotopic (exact) mass is 479 g/mol. The molecule has 0 unspecified atom stereocenters. The van der Waals surface area contributed by atoms with E-state index in [0.717, 1.165) is 22.5 Å². The zero-order valence-electron chi connectivity index (χ0n) is 18.0. The van der Waals surface area contributed by atoms with Crippen molar-refractivity contribution in [1.29, 1.82) is 5.26 Å².